The Hall–Kier alpha value is -9.68. The predicted octanol–water partition coefficient (Wildman–Crippen LogP) is 14.7. The van der Waals surface area contributed by atoms with Crippen molar-refractivity contribution in [3.8, 4) is 56.4 Å². The SMILES string of the molecule is c1ccc(-c2cccc([Si](c3ccccc3)(c3ccccc3)c3cccc(-c4cc(-n5c6ccccc6c6cccc(-c7ccccc7)c65)nc(-n5c6ccccc6c6c(-c7ccccc7)cccc65)n4)c3)c2)cc1. The molecule has 0 bridgehead atoms. The fourth-order valence-corrected chi connectivity index (χ4v) is 16.7. The van der Waals surface area contributed by atoms with E-state index in [1.54, 1.807) is 0 Å². The van der Waals surface area contributed by atoms with E-state index < -0.39 is 8.07 Å². The summed E-state index contributed by atoms with van der Waals surface area (Å²) >= 11 is 0. The van der Waals surface area contributed by atoms with Crippen LogP contribution in [0, 0.1) is 0 Å². The largest absolute Gasteiger partial charge is 0.293 e. The van der Waals surface area contributed by atoms with Gasteiger partial charge in [-0.3, -0.25) is 9.13 Å². The van der Waals surface area contributed by atoms with E-state index in [4.69, 9.17) is 9.97 Å². The number of fused-ring (bicyclic) bond motifs is 6. The third-order valence-electron chi connectivity index (χ3n) is 15.1. The molecule has 3 heterocycles. The molecular weight excluding hydrogens is 925 g/mol. The minimum Gasteiger partial charge on any atom is -0.293 e. The van der Waals surface area contributed by atoms with Crippen molar-refractivity contribution in [2.45, 2.75) is 0 Å². The molecule has 0 atom stereocenters. The summed E-state index contributed by atoms with van der Waals surface area (Å²) in [5, 5.41) is 9.82. The summed E-state index contributed by atoms with van der Waals surface area (Å²) in [7, 11) is -3.04. The van der Waals surface area contributed by atoms with Gasteiger partial charge >= 0.3 is 0 Å². The average Bonchev–Trinajstić information content (AvgIpc) is 4.04. The van der Waals surface area contributed by atoms with E-state index in [1.807, 2.05) is 0 Å². The van der Waals surface area contributed by atoms with Gasteiger partial charge in [0.05, 0.1) is 27.8 Å². The van der Waals surface area contributed by atoms with E-state index in [0.717, 1.165) is 66.6 Å². The average molecular weight is 973 g/mol. The monoisotopic (exact) mass is 972 g/mol. The zero-order chi connectivity index (χ0) is 49.7. The molecule has 0 amide bonds. The van der Waals surface area contributed by atoms with Crippen molar-refractivity contribution in [3.63, 3.8) is 0 Å². The first kappa shape index (κ1) is 44.1. The van der Waals surface area contributed by atoms with E-state index in [9.17, 15) is 0 Å². The summed E-state index contributed by atoms with van der Waals surface area (Å²) in [4.78, 5) is 11.5. The van der Waals surface area contributed by atoms with Crippen LogP contribution in [-0.4, -0.2) is 27.2 Å². The Labute approximate surface area is 436 Å². The third kappa shape index (κ3) is 7.35. The van der Waals surface area contributed by atoms with Crippen LogP contribution in [0.25, 0.3) is 100 Å². The Balaban J connectivity index is 1.08. The van der Waals surface area contributed by atoms with E-state index in [2.05, 4.69) is 300 Å². The molecule has 0 saturated carbocycles. The third-order valence-corrected chi connectivity index (χ3v) is 19.9. The van der Waals surface area contributed by atoms with Gasteiger partial charge in [0.15, 0.2) is 8.07 Å². The quantitative estimate of drug-likeness (QED) is 0.101. The standard InChI is InChI=1S/C70H48N4Si/c1-6-24-49(25-7-1)52-30-20-36-56(46-52)75(54-32-12-4-13-33-54,55-34-14-5-15-35-55)57-37-21-31-53(47-57)63-48-67(74-64-43-18-16-38-60(64)61-42-22-41-59(69(61)74)51-28-10-3-11-29-51)72-70(71-63)73-65-44-19-17-39-62(65)68-58(40-23-45-66(68)73)50-26-8-2-9-27-50/h1-48H. The van der Waals surface area contributed by atoms with Gasteiger partial charge in [-0.25, -0.2) is 4.98 Å². The molecule has 0 aliphatic heterocycles. The lowest BCUT2D eigenvalue weighted by molar-refractivity contribution is 0.952. The molecule has 5 heteroatoms. The summed E-state index contributed by atoms with van der Waals surface area (Å²) in [5.74, 6) is 1.38. The Morgan fingerprint density at radius 3 is 1.37 bits per heavy atom. The summed E-state index contributed by atoms with van der Waals surface area (Å²) in [5.41, 5.74) is 13.1. The first-order chi connectivity index (χ1) is 37.2. The molecule has 3 aromatic heterocycles. The molecule has 0 spiro atoms. The van der Waals surface area contributed by atoms with Crippen molar-refractivity contribution in [2.24, 2.45) is 0 Å². The van der Waals surface area contributed by atoms with E-state index >= 15 is 0 Å². The number of rotatable bonds is 10. The van der Waals surface area contributed by atoms with Gasteiger partial charge in [-0.15, -0.1) is 0 Å². The first-order valence-corrected chi connectivity index (χ1v) is 27.7. The summed E-state index contributed by atoms with van der Waals surface area (Å²) in [6, 6.07) is 106. The van der Waals surface area contributed by atoms with Gasteiger partial charge in [-0.05, 0) is 66.8 Å². The molecular formula is C70H48N4Si. The van der Waals surface area contributed by atoms with E-state index in [-0.39, 0.29) is 0 Å². The molecule has 14 aromatic rings. The van der Waals surface area contributed by atoms with Crippen molar-refractivity contribution in [1.82, 2.24) is 19.1 Å². The van der Waals surface area contributed by atoms with Gasteiger partial charge in [0.25, 0.3) is 0 Å². The lowest BCUT2D eigenvalue weighted by atomic mass is 9.99. The number of para-hydroxylation sites is 3. The maximum Gasteiger partial charge on any atom is 0.237 e. The molecule has 0 unspecified atom stereocenters. The summed E-state index contributed by atoms with van der Waals surface area (Å²) < 4.78 is 4.65. The summed E-state index contributed by atoms with van der Waals surface area (Å²) in [6.45, 7) is 0. The minimum atomic E-state index is -3.04. The van der Waals surface area contributed by atoms with Gasteiger partial charge < -0.3 is 0 Å². The topological polar surface area (TPSA) is 35.6 Å². The minimum absolute atomic E-state index is 0.595. The molecule has 0 radical (unpaired) electrons. The van der Waals surface area contributed by atoms with Crippen LogP contribution in [0.4, 0.5) is 0 Å². The fourth-order valence-electron chi connectivity index (χ4n) is 11.8. The highest BCUT2D eigenvalue weighted by molar-refractivity contribution is 7.20. The Bertz CT molecular complexity index is 4360. The molecule has 4 nitrogen and oxygen atoms in total. The van der Waals surface area contributed by atoms with Crippen LogP contribution in [0.1, 0.15) is 0 Å². The lowest BCUT2D eigenvalue weighted by Gasteiger charge is -2.35. The summed E-state index contributed by atoms with van der Waals surface area (Å²) in [6.07, 6.45) is 0. The second kappa shape index (κ2) is 18.4. The van der Waals surface area contributed by atoms with Crippen LogP contribution in [0.3, 0.4) is 0 Å². The number of nitrogens with zero attached hydrogens (tertiary/aromatic N) is 4. The van der Waals surface area contributed by atoms with Crippen molar-refractivity contribution in [3.05, 3.63) is 291 Å². The molecule has 75 heavy (non-hydrogen) atoms. The van der Waals surface area contributed by atoms with Gasteiger partial charge in [-0.2, -0.15) is 4.98 Å². The van der Waals surface area contributed by atoms with Gasteiger partial charge in [0, 0.05) is 38.7 Å². The van der Waals surface area contributed by atoms with Crippen LogP contribution in [0.15, 0.2) is 291 Å². The van der Waals surface area contributed by atoms with Gasteiger partial charge in [0.1, 0.15) is 5.82 Å². The van der Waals surface area contributed by atoms with E-state index in [1.165, 1.54) is 48.2 Å². The molecule has 0 aliphatic carbocycles. The highest BCUT2D eigenvalue weighted by Crippen LogP contribution is 2.41. The maximum absolute atomic E-state index is 5.76. The van der Waals surface area contributed by atoms with Gasteiger partial charge in [-0.1, -0.05) is 267 Å². The highest BCUT2D eigenvalue weighted by atomic mass is 28.3. The van der Waals surface area contributed by atoms with Crippen LogP contribution < -0.4 is 20.7 Å². The maximum atomic E-state index is 5.76. The van der Waals surface area contributed by atoms with Crippen LogP contribution in [0.5, 0.6) is 0 Å². The lowest BCUT2D eigenvalue weighted by Crippen LogP contribution is -2.74. The Morgan fingerprint density at radius 2 is 0.720 bits per heavy atom. The Kier molecular flexibility index (Phi) is 10.8. The molecule has 0 N–H and O–H groups in total. The number of hydrogen-bond donors (Lipinski definition) is 0. The second-order valence-electron chi connectivity index (χ2n) is 19.3. The predicted molar refractivity (Wildman–Crippen MR) is 316 cm³/mol. The van der Waals surface area contributed by atoms with Crippen molar-refractivity contribution in [2.75, 3.05) is 0 Å². The zero-order valence-electron chi connectivity index (χ0n) is 41.0. The van der Waals surface area contributed by atoms with Gasteiger partial charge in [0.2, 0.25) is 5.95 Å². The first-order valence-electron chi connectivity index (χ1n) is 25.7. The number of aromatic nitrogens is 4. The zero-order valence-corrected chi connectivity index (χ0v) is 42.0. The number of benzene rings is 11. The molecule has 11 aromatic carbocycles. The molecule has 0 aliphatic rings. The molecule has 0 fully saturated rings. The van der Waals surface area contributed by atoms with Crippen LogP contribution in [-0.2, 0) is 0 Å². The highest BCUT2D eigenvalue weighted by Gasteiger charge is 2.42. The van der Waals surface area contributed by atoms with Crippen molar-refractivity contribution < 1.29 is 0 Å². The van der Waals surface area contributed by atoms with E-state index in [0.29, 0.717) is 5.95 Å². The normalized spacial score (nSPS) is 11.7. The second-order valence-corrected chi connectivity index (χ2v) is 23.1. The van der Waals surface area contributed by atoms with Crippen molar-refractivity contribution >= 4 is 72.4 Å². The van der Waals surface area contributed by atoms with Crippen LogP contribution in [0.2, 0.25) is 0 Å². The molecule has 0 saturated heterocycles. The number of hydrogen-bond acceptors (Lipinski definition) is 2. The molecule has 352 valence electrons. The van der Waals surface area contributed by atoms with Crippen molar-refractivity contribution in [1.29, 1.82) is 0 Å². The smallest absolute Gasteiger partial charge is 0.237 e. The molecule has 14 rings (SSSR count). The van der Waals surface area contributed by atoms with Crippen LogP contribution >= 0.6 is 0 Å². The fraction of sp³-hybridized carbons (Fsp3) is 0. The Morgan fingerprint density at radius 1 is 0.280 bits per heavy atom.